The van der Waals surface area contributed by atoms with Gasteiger partial charge < -0.3 is 5.11 Å². The maximum absolute atomic E-state index is 10.4. The van der Waals surface area contributed by atoms with E-state index in [0.717, 1.165) is 30.4 Å². The Labute approximate surface area is 118 Å². The fraction of sp³-hybridized carbons (Fsp3) is 0.467. The van der Waals surface area contributed by atoms with Crippen LogP contribution in [-0.4, -0.2) is 5.11 Å². The van der Waals surface area contributed by atoms with Gasteiger partial charge >= 0.3 is 0 Å². The molecule has 1 aromatic carbocycles. The summed E-state index contributed by atoms with van der Waals surface area (Å²) in [5.74, 6) is 0. The minimum atomic E-state index is -0.570. The molecule has 1 aliphatic carbocycles. The molecule has 0 saturated carbocycles. The van der Waals surface area contributed by atoms with Gasteiger partial charge in [0.05, 0.1) is 0 Å². The van der Waals surface area contributed by atoms with Crippen LogP contribution in [0.15, 0.2) is 29.8 Å². The normalized spacial score (nSPS) is 21.6. The van der Waals surface area contributed by atoms with Crippen LogP contribution < -0.4 is 0 Å². The van der Waals surface area contributed by atoms with E-state index in [0.29, 0.717) is 10.0 Å². The molecule has 1 N–H and O–H groups in total. The quantitative estimate of drug-likeness (QED) is 0.730. The molecule has 0 radical (unpaired) electrons. The Hall–Kier alpha value is -0.500. The molecule has 0 spiro atoms. The lowest BCUT2D eigenvalue weighted by Gasteiger charge is -2.18. The molecule has 1 atom stereocenters. The third kappa shape index (κ3) is 3.74. The van der Waals surface area contributed by atoms with Crippen LogP contribution in [0.1, 0.15) is 50.2 Å². The van der Waals surface area contributed by atoms with E-state index in [1.54, 1.807) is 18.2 Å². The summed E-state index contributed by atoms with van der Waals surface area (Å²) < 4.78 is 0. The second-order valence-corrected chi connectivity index (χ2v) is 5.71. The molecule has 0 amide bonds. The zero-order valence-electron chi connectivity index (χ0n) is 10.3. The van der Waals surface area contributed by atoms with Gasteiger partial charge in [0.25, 0.3) is 0 Å². The highest BCUT2D eigenvalue weighted by Crippen LogP contribution is 2.31. The van der Waals surface area contributed by atoms with E-state index in [4.69, 9.17) is 23.2 Å². The molecule has 3 heteroatoms. The minimum Gasteiger partial charge on any atom is -0.384 e. The first-order chi connectivity index (χ1) is 8.66. The Morgan fingerprint density at radius 1 is 0.944 bits per heavy atom. The average Bonchev–Trinajstić information content (AvgIpc) is 2.26. The predicted octanol–water partition coefficient (Wildman–Crippen LogP) is 5.31. The van der Waals surface area contributed by atoms with Gasteiger partial charge in [0.1, 0.15) is 6.10 Å². The topological polar surface area (TPSA) is 20.2 Å². The first kappa shape index (κ1) is 13.9. The average molecular weight is 285 g/mol. The molecule has 0 aromatic heterocycles. The fourth-order valence-electron chi connectivity index (χ4n) is 2.41. The van der Waals surface area contributed by atoms with Crippen molar-refractivity contribution in [3.63, 3.8) is 0 Å². The van der Waals surface area contributed by atoms with Crippen LogP contribution in [0.4, 0.5) is 0 Å². The van der Waals surface area contributed by atoms with E-state index < -0.39 is 6.10 Å². The lowest BCUT2D eigenvalue weighted by molar-refractivity contribution is 0.209. The summed E-state index contributed by atoms with van der Waals surface area (Å²) in [5.41, 5.74) is 1.90. The van der Waals surface area contributed by atoms with Crippen molar-refractivity contribution in [1.29, 1.82) is 0 Å². The number of rotatable bonds is 2. The van der Waals surface area contributed by atoms with Crippen LogP contribution in [0.25, 0.3) is 0 Å². The standard InChI is InChI=1S/C15H18Cl2O/c16-13-8-12(9-14(17)10-13)15(18)11-6-4-2-1-3-5-7-11/h6,8-10,15,18H,1-5,7H2/b11-6+. The lowest BCUT2D eigenvalue weighted by Crippen LogP contribution is -2.03. The monoisotopic (exact) mass is 284 g/mol. The Kier molecular flexibility index (Phi) is 5.11. The maximum Gasteiger partial charge on any atom is 0.100 e. The molecule has 0 bridgehead atoms. The predicted molar refractivity (Wildman–Crippen MR) is 77.2 cm³/mol. The zero-order chi connectivity index (χ0) is 13.0. The number of aliphatic hydroxyl groups is 1. The van der Waals surface area contributed by atoms with E-state index in [1.807, 2.05) is 0 Å². The van der Waals surface area contributed by atoms with Crippen molar-refractivity contribution >= 4 is 23.2 Å². The fourth-order valence-corrected chi connectivity index (χ4v) is 2.95. The molecular formula is C15H18Cl2O. The van der Waals surface area contributed by atoms with E-state index in [9.17, 15) is 5.11 Å². The second kappa shape index (κ2) is 6.60. The summed E-state index contributed by atoms with van der Waals surface area (Å²) in [7, 11) is 0. The summed E-state index contributed by atoms with van der Waals surface area (Å²) in [4.78, 5) is 0. The molecule has 1 aromatic rings. The SMILES string of the molecule is OC(/C1=C/CCCCCC1)c1cc(Cl)cc(Cl)c1. The molecule has 1 aliphatic rings. The van der Waals surface area contributed by atoms with Gasteiger partial charge in [-0.1, -0.05) is 42.1 Å². The summed E-state index contributed by atoms with van der Waals surface area (Å²) in [5, 5.41) is 11.6. The van der Waals surface area contributed by atoms with E-state index >= 15 is 0 Å². The van der Waals surface area contributed by atoms with Gasteiger partial charge in [-0.2, -0.15) is 0 Å². The van der Waals surface area contributed by atoms with Crippen LogP contribution >= 0.6 is 23.2 Å². The minimum absolute atomic E-state index is 0.570. The molecule has 2 rings (SSSR count). The van der Waals surface area contributed by atoms with Crippen molar-refractivity contribution in [3.05, 3.63) is 45.5 Å². The van der Waals surface area contributed by atoms with Crippen LogP contribution in [0.5, 0.6) is 0 Å². The maximum atomic E-state index is 10.4. The third-order valence-electron chi connectivity index (χ3n) is 3.38. The van der Waals surface area contributed by atoms with Crippen LogP contribution in [0.2, 0.25) is 10.0 Å². The summed E-state index contributed by atoms with van der Waals surface area (Å²) in [6.45, 7) is 0. The molecule has 1 unspecified atom stereocenters. The first-order valence-electron chi connectivity index (χ1n) is 6.50. The van der Waals surface area contributed by atoms with Crippen LogP contribution in [-0.2, 0) is 0 Å². The highest BCUT2D eigenvalue weighted by atomic mass is 35.5. The largest absolute Gasteiger partial charge is 0.384 e. The molecule has 1 nitrogen and oxygen atoms in total. The van der Waals surface area contributed by atoms with Gasteiger partial charge in [0.2, 0.25) is 0 Å². The number of allylic oxidation sites excluding steroid dienone is 1. The summed E-state index contributed by atoms with van der Waals surface area (Å²) in [6, 6.07) is 5.27. The van der Waals surface area contributed by atoms with Crippen molar-refractivity contribution < 1.29 is 5.11 Å². The molecule has 18 heavy (non-hydrogen) atoms. The Morgan fingerprint density at radius 2 is 1.61 bits per heavy atom. The molecule has 98 valence electrons. The number of benzene rings is 1. The smallest absolute Gasteiger partial charge is 0.100 e. The van der Waals surface area contributed by atoms with Crippen molar-refractivity contribution in [2.45, 2.75) is 44.6 Å². The van der Waals surface area contributed by atoms with Crippen LogP contribution in [0, 0.1) is 0 Å². The second-order valence-electron chi connectivity index (χ2n) is 4.84. The van der Waals surface area contributed by atoms with E-state index in [2.05, 4.69) is 6.08 Å². The zero-order valence-corrected chi connectivity index (χ0v) is 11.8. The van der Waals surface area contributed by atoms with Crippen molar-refractivity contribution in [2.75, 3.05) is 0 Å². The summed E-state index contributed by atoms with van der Waals surface area (Å²) in [6.07, 6.45) is 8.54. The van der Waals surface area contributed by atoms with Crippen molar-refractivity contribution in [3.8, 4) is 0 Å². The molecule has 0 heterocycles. The lowest BCUT2D eigenvalue weighted by atomic mass is 9.93. The molecule has 0 saturated heterocycles. The number of hydrogen-bond donors (Lipinski definition) is 1. The molecule has 0 fully saturated rings. The van der Waals surface area contributed by atoms with Gasteiger partial charge in [0.15, 0.2) is 0 Å². The number of halogens is 2. The highest BCUT2D eigenvalue weighted by molar-refractivity contribution is 6.34. The highest BCUT2D eigenvalue weighted by Gasteiger charge is 2.15. The Balaban J connectivity index is 2.20. The Bertz CT molecular complexity index is 420. The van der Waals surface area contributed by atoms with E-state index in [1.165, 1.54) is 19.3 Å². The first-order valence-corrected chi connectivity index (χ1v) is 7.25. The van der Waals surface area contributed by atoms with Gasteiger partial charge in [0, 0.05) is 10.0 Å². The van der Waals surface area contributed by atoms with E-state index in [-0.39, 0.29) is 0 Å². The van der Waals surface area contributed by atoms with Crippen molar-refractivity contribution in [1.82, 2.24) is 0 Å². The van der Waals surface area contributed by atoms with Gasteiger partial charge in [-0.05, 0) is 55.0 Å². The van der Waals surface area contributed by atoms with Gasteiger partial charge in [-0.3, -0.25) is 0 Å². The Morgan fingerprint density at radius 3 is 2.33 bits per heavy atom. The molecule has 0 aliphatic heterocycles. The van der Waals surface area contributed by atoms with Crippen molar-refractivity contribution in [2.24, 2.45) is 0 Å². The van der Waals surface area contributed by atoms with Gasteiger partial charge in [-0.15, -0.1) is 0 Å². The number of aliphatic hydroxyl groups excluding tert-OH is 1. The third-order valence-corrected chi connectivity index (χ3v) is 3.81. The summed E-state index contributed by atoms with van der Waals surface area (Å²) >= 11 is 12.0. The van der Waals surface area contributed by atoms with Gasteiger partial charge in [-0.25, -0.2) is 0 Å². The van der Waals surface area contributed by atoms with Crippen LogP contribution in [0.3, 0.4) is 0 Å². The molecular weight excluding hydrogens is 267 g/mol. The number of hydrogen-bond acceptors (Lipinski definition) is 1.